The molecule has 7 heteroatoms. The Balaban J connectivity index is 0.000000563. The molecule has 0 atom stereocenters. The van der Waals surface area contributed by atoms with Crippen LogP contribution in [0.1, 0.15) is 79.7 Å². The van der Waals surface area contributed by atoms with E-state index in [9.17, 15) is 22.8 Å². The van der Waals surface area contributed by atoms with Crippen LogP contribution in [0.5, 0.6) is 0 Å². The van der Waals surface area contributed by atoms with E-state index in [4.69, 9.17) is 0 Å². The molecule has 4 nitrogen and oxygen atoms in total. The van der Waals surface area contributed by atoms with Crippen molar-refractivity contribution in [1.82, 2.24) is 10.2 Å². The number of hydrogen-bond donors (Lipinski definition) is 1. The van der Waals surface area contributed by atoms with Gasteiger partial charge >= 0.3 is 12.1 Å². The molecular weight excluding hydrogens is 453 g/mol. The fourth-order valence-corrected chi connectivity index (χ4v) is 3.56. The van der Waals surface area contributed by atoms with E-state index in [1.807, 2.05) is 85.7 Å². The topological polar surface area (TPSA) is 49.4 Å². The summed E-state index contributed by atoms with van der Waals surface area (Å²) < 4.78 is 36.9. The molecule has 0 saturated carbocycles. The SMILES string of the molecule is CC.CC.CC.Cc1ccc2c(c1)C(=O)NCC2.Cc1ccc2c(c1)CN(C(=O)C(F)(F)F)CC2. The van der Waals surface area contributed by atoms with Crippen LogP contribution in [0.3, 0.4) is 0 Å². The Morgan fingerprint density at radius 3 is 1.94 bits per heavy atom. The Hall–Kier alpha value is -2.83. The Bertz CT molecular complexity index is 940. The third-order valence-corrected chi connectivity index (χ3v) is 5.09. The van der Waals surface area contributed by atoms with Crippen LogP contribution in [0, 0.1) is 13.8 Å². The van der Waals surface area contributed by atoms with E-state index >= 15 is 0 Å². The second kappa shape index (κ2) is 16.0. The molecule has 0 saturated heterocycles. The molecule has 0 aromatic heterocycles. The second-order valence-corrected chi connectivity index (χ2v) is 7.41. The van der Waals surface area contributed by atoms with Crippen molar-refractivity contribution in [2.45, 2.75) is 81.0 Å². The van der Waals surface area contributed by atoms with Crippen molar-refractivity contribution in [3.63, 3.8) is 0 Å². The van der Waals surface area contributed by atoms with Crippen molar-refractivity contribution in [3.8, 4) is 0 Å². The highest BCUT2D eigenvalue weighted by molar-refractivity contribution is 5.96. The molecule has 0 radical (unpaired) electrons. The van der Waals surface area contributed by atoms with Crippen molar-refractivity contribution in [2.24, 2.45) is 0 Å². The highest BCUT2D eigenvalue weighted by Gasteiger charge is 2.43. The third-order valence-electron chi connectivity index (χ3n) is 5.09. The molecule has 0 unspecified atom stereocenters. The predicted octanol–water partition coefficient (Wildman–Crippen LogP) is 6.80. The summed E-state index contributed by atoms with van der Waals surface area (Å²) in [5, 5.41) is 2.83. The lowest BCUT2D eigenvalue weighted by Gasteiger charge is -2.29. The summed E-state index contributed by atoms with van der Waals surface area (Å²) in [7, 11) is 0. The monoisotopic (exact) mass is 494 g/mol. The summed E-state index contributed by atoms with van der Waals surface area (Å²) in [6, 6.07) is 11.7. The molecule has 2 amide bonds. The minimum absolute atomic E-state index is 0.0509. The van der Waals surface area contributed by atoms with Gasteiger partial charge in [0.15, 0.2) is 0 Å². The number of alkyl halides is 3. The van der Waals surface area contributed by atoms with E-state index in [0.29, 0.717) is 6.42 Å². The number of aryl methyl sites for hydroxylation is 2. The Morgan fingerprint density at radius 1 is 0.829 bits per heavy atom. The van der Waals surface area contributed by atoms with Crippen molar-refractivity contribution in [3.05, 3.63) is 69.8 Å². The van der Waals surface area contributed by atoms with Gasteiger partial charge in [-0.15, -0.1) is 0 Å². The fraction of sp³-hybridized carbons (Fsp3) is 0.500. The van der Waals surface area contributed by atoms with E-state index in [1.165, 1.54) is 5.56 Å². The van der Waals surface area contributed by atoms with Gasteiger partial charge < -0.3 is 10.2 Å². The lowest BCUT2D eigenvalue weighted by atomic mass is 9.98. The standard InChI is InChI=1S/C12H12F3NO.C10H11NO.3C2H6/c1-8-2-3-9-4-5-16(7-10(9)6-8)11(17)12(13,14)15;1-7-2-3-8-4-5-11-10(12)9(8)6-7;3*1-2/h2-3,6H,4-5,7H2,1H3;2-3,6H,4-5H2,1H3,(H,11,12);3*1-2H3. The van der Waals surface area contributed by atoms with E-state index in [0.717, 1.165) is 45.7 Å². The van der Waals surface area contributed by atoms with Gasteiger partial charge in [0.25, 0.3) is 5.91 Å². The van der Waals surface area contributed by atoms with Gasteiger partial charge in [-0.3, -0.25) is 9.59 Å². The Morgan fingerprint density at radius 2 is 1.37 bits per heavy atom. The van der Waals surface area contributed by atoms with E-state index in [2.05, 4.69) is 11.4 Å². The molecule has 0 aliphatic carbocycles. The lowest BCUT2D eigenvalue weighted by Crippen LogP contribution is -2.43. The molecule has 0 fully saturated rings. The summed E-state index contributed by atoms with van der Waals surface area (Å²) in [5.41, 5.74) is 6.00. The molecule has 0 bridgehead atoms. The Kier molecular flexibility index (Phi) is 14.7. The molecule has 2 aromatic carbocycles. The maximum atomic E-state index is 12.3. The van der Waals surface area contributed by atoms with Crippen LogP contribution in [0.15, 0.2) is 36.4 Å². The number of benzene rings is 2. The number of carbonyl (C=O) groups excluding carboxylic acids is 2. The number of fused-ring (bicyclic) bond motifs is 2. The summed E-state index contributed by atoms with van der Waals surface area (Å²) in [6.45, 7) is 16.8. The van der Waals surface area contributed by atoms with Crippen molar-refractivity contribution in [1.29, 1.82) is 0 Å². The molecule has 1 N–H and O–H groups in total. The average molecular weight is 495 g/mol. The van der Waals surface area contributed by atoms with Crippen molar-refractivity contribution in [2.75, 3.05) is 13.1 Å². The second-order valence-electron chi connectivity index (χ2n) is 7.41. The normalized spacial score (nSPS) is 13.3. The van der Waals surface area contributed by atoms with Gasteiger partial charge in [0.05, 0.1) is 0 Å². The molecule has 196 valence electrons. The van der Waals surface area contributed by atoms with Gasteiger partial charge in [0.1, 0.15) is 0 Å². The summed E-state index contributed by atoms with van der Waals surface area (Å²) in [6.07, 6.45) is -3.33. The fourth-order valence-electron chi connectivity index (χ4n) is 3.56. The predicted molar refractivity (Wildman–Crippen MR) is 138 cm³/mol. The van der Waals surface area contributed by atoms with Gasteiger partial charge in [0.2, 0.25) is 0 Å². The molecule has 2 aliphatic heterocycles. The molecular formula is C28H41F3N2O2. The van der Waals surface area contributed by atoms with Crippen LogP contribution in [-0.2, 0) is 24.2 Å². The zero-order valence-corrected chi connectivity index (χ0v) is 22.4. The van der Waals surface area contributed by atoms with Crippen molar-refractivity contribution >= 4 is 11.8 Å². The lowest BCUT2D eigenvalue weighted by molar-refractivity contribution is -0.186. The number of rotatable bonds is 0. The zero-order chi connectivity index (χ0) is 27.2. The van der Waals surface area contributed by atoms with Crippen LogP contribution < -0.4 is 5.32 Å². The van der Waals surface area contributed by atoms with E-state index in [1.54, 1.807) is 0 Å². The number of nitrogens with one attached hydrogen (secondary N) is 1. The van der Waals surface area contributed by atoms with Crippen LogP contribution >= 0.6 is 0 Å². The maximum absolute atomic E-state index is 12.3. The van der Waals surface area contributed by atoms with Crippen LogP contribution in [0.2, 0.25) is 0 Å². The molecule has 0 spiro atoms. The third kappa shape index (κ3) is 9.74. The number of amides is 2. The minimum atomic E-state index is -4.78. The molecule has 2 aromatic rings. The molecule has 2 heterocycles. The van der Waals surface area contributed by atoms with E-state index in [-0.39, 0.29) is 19.0 Å². The van der Waals surface area contributed by atoms with E-state index < -0.39 is 12.1 Å². The largest absolute Gasteiger partial charge is 0.471 e. The number of hydrogen-bond acceptors (Lipinski definition) is 2. The number of nitrogens with zero attached hydrogens (tertiary/aromatic N) is 1. The first-order chi connectivity index (χ1) is 16.6. The van der Waals surface area contributed by atoms with Crippen molar-refractivity contribution < 1.29 is 22.8 Å². The van der Waals surface area contributed by atoms with Gasteiger partial charge in [-0.2, -0.15) is 13.2 Å². The van der Waals surface area contributed by atoms with Gasteiger partial charge in [0, 0.05) is 25.2 Å². The van der Waals surface area contributed by atoms with Crippen LogP contribution in [0.25, 0.3) is 0 Å². The highest BCUT2D eigenvalue weighted by Crippen LogP contribution is 2.25. The summed E-state index contributed by atoms with van der Waals surface area (Å²) in [4.78, 5) is 23.3. The molecule has 35 heavy (non-hydrogen) atoms. The van der Waals surface area contributed by atoms with Crippen LogP contribution in [-0.4, -0.2) is 36.0 Å². The Labute approximate surface area is 208 Å². The smallest absolute Gasteiger partial charge is 0.352 e. The molecule has 2 aliphatic rings. The quantitative estimate of drug-likeness (QED) is 0.438. The minimum Gasteiger partial charge on any atom is -0.352 e. The summed E-state index contributed by atoms with van der Waals surface area (Å²) >= 11 is 0. The van der Waals surface area contributed by atoms with Crippen LogP contribution in [0.4, 0.5) is 13.2 Å². The van der Waals surface area contributed by atoms with Gasteiger partial charge in [-0.05, 0) is 49.4 Å². The first-order valence-corrected chi connectivity index (χ1v) is 12.5. The van der Waals surface area contributed by atoms with Gasteiger partial charge in [-0.1, -0.05) is 83.0 Å². The summed E-state index contributed by atoms with van der Waals surface area (Å²) in [5.74, 6) is -1.68. The maximum Gasteiger partial charge on any atom is 0.471 e. The first kappa shape index (κ1) is 32.2. The number of carbonyl (C=O) groups is 2. The average Bonchev–Trinajstić information content (AvgIpc) is 2.87. The van der Waals surface area contributed by atoms with Gasteiger partial charge in [-0.25, -0.2) is 0 Å². The number of halogens is 3. The highest BCUT2D eigenvalue weighted by atomic mass is 19.4. The zero-order valence-electron chi connectivity index (χ0n) is 22.4. The first-order valence-electron chi connectivity index (χ1n) is 12.5. The molecule has 4 rings (SSSR count).